The standard InChI is InChI=1S/C25H32BrN5O4/c1-34-23-10-17(26)9-20-19(23)11-22(30-20)25(33)31-21(8-15-4-5-15)24(32)29-18(12-27)7-16-3-2-6-28-14-35-13-16/h9-11,15-16,18,21,28,30H,2-8,13-14H2,1H3,(H,29,32)(H,31,33). The molecule has 1 aromatic carbocycles. The third kappa shape index (κ3) is 6.97. The number of carbonyl (C=O) groups excluding carboxylic acids is 2. The summed E-state index contributed by atoms with van der Waals surface area (Å²) in [5.41, 5.74) is 1.10. The zero-order chi connectivity index (χ0) is 24.8. The van der Waals surface area contributed by atoms with E-state index in [2.05, 4.69) is 42.9 Å². The van der Waals surface area contributed by atoms with Gasteiger partial charge in [0.15, 0.2) is 0 Å². The van der Waals surface area contributed by atoms with Crippen molar-refractivity contribution in [2.75, 3.05) is 27.0 Å². The van der Waals surface area contributed by atoms with Crippen molar-refractivity contribution in [1.82, 2.24) is 20.9 Å². The van der Waals surface area contributed by atoms with Crippen molar-refractivity contribution in [1.29, 1.82) is 5.26 Å². The van der Waals surface area contributed by atoms with Crippen LogP contribution in [0.15, 0.2) is 22.7 Å². The topological polar surface area (TPSA) is 128 Å². The summed E-state index contributed by atoms with van der Waals surface area (Å²) in [4.78, 5) is 29.4. The number of ether oxygens (including phenoxy) is 2. The zero-order valence-electron chi connectivity index (χ0n) is 19.9. The molecular formula is C25H32BrN5O4. The second-order valence-corrected chi connectivity index (χ2v) is 10.3. The number of nitrogens with zero attached hydrogens (tertiary/aromatic N) is 1. The quantitative estimate of drug-likeness (QED) is 0.383. The van der Waals surface area contributed by atoms with Gasteiger partial charge in [0.1, 0.15) is 23.5 Å². The number of fused-ring (bicyclic) bond motifs is 1. The Bertz CT molecular complexity index is 1090. The van der Waals surface area contributed by atoms with E-state index in [-0.39, 0.29) is 17.7 Å². The van der Waals surface area contributed by atoms with E-state index < -0.39 is 12.1 Å². The molecule has 3 unspecified atom stereocenters. The maximum Gasteiger partial charge on any atom is 0.268 e. The lowest BCUT2D eigenvalue weighted by Crippen LogP contribution is -2.50. The normalized spacial score (nSPS) is 20.2. The van der Waals surface area contributed by atoms with E-state index in [0.717, 1.165) is 47.6 Å². The van der Waals surface area contributed by atoms with Crippen molar-refractivity contribution < 1.29 is 19.1 Å². The SMILES string of the molecule is COc1cc(Br)cc2[nH]c(C(=O)NC(CC3CC3)C(=O)NC(C#N)CC3CCCNCOC3)cc12. The number of nitrogens with one attached hydrogen (secondary N) is 4. The highest BCUT2D eigenvalue weighted by molar-refractivity contribution is 9.10. The van der Waals surface area contributed by atoms with Gasteiger partial charge in [0, 0.05) is 9.86 Å². The predicted octanol–water partition coefficient (Wildman–Crippen LogP) is 3.21. The van der Waals surface area contributed by atoms with Gasteiger partial charge in [-0.15, -0.1) is 0 Å². The van der Waals surface area contributed by atoms with E-state index in [1.165, 1.54) is 0 Å². The molecule has 3 atom stereocenters. The number of hydrogen-bond donors (Lipinski definition) is 4. The first kappa shape index (κ1) is 25.5. The summed E-state index contributed by atoms with van der Waals surface area (Å²) in [6.45, 7) is 1.95. The number of aromatic amines is 1. The Morgan fingerprint density at radius 1 is 1.23 bits per heavy atom. The number of halogens is 1. The first-order valence-corrected chi connectivity index (χ1v) is 12.9. The lowest BCUT2D eigenvalue weighted by Gasteiger charge is -2.24. The van der Waals surface area contributed by atoms with Gasteiger partial charge < -0.3 is 25.1 Å². The minimum absolute atomic E-state index is 0.208. The number of hydrogen-bond acceptors (Lipinski definition) is 6. The third-order valence-corrected chi connectivity index (χ3v) is 7.04. The van der Waals surface area contributed by atoms with Gasteiger partial charge >= 0.3 is 0 Å². The lowest BCUT2D eigenvalue weighted by atomic mass is 9.95. The van der Waals surface area contributed by atoms with E-state index in [9.17, 15) is 14.9 Å². The van der Waals surface area contributed by atoms with Crippen LogP contribution in [-0.2, 0) is 9.53 Å². The smallest absolute Gasteiger partial charge is 0.268 e. The van der Waals surface area contributed by atoms with Gasteiger partial charge in [-0.25, -0.2) is 0 Å². The van der Waals surface area contributed by atoms with E-state index in [1.54, 1.807) is 13.2 Å². The van der Waals surface area contributed by atoms with Crippen LogP contribution < -0.4 is 20.7 Å². The molecule has 4 rings (SSSR count). The monoisotopic (exact) mass is 545 g/mol. The number of aromatic nitrogens is 1. The second kappa shape index (κ2) is 11.9. The van der Waals surface area contributed by atoms with Crippen LogP contribution in [0.4, 0.5) is 0 Å². The molecule has 9 nitrogen and oxygen atoms in total. The average molecular weight is 546 g/mol. The Labute approximate surface area is 213 Å². The largest absolute Gasteiger partial charge is 0.496 e. The van der Waals surface area contributed by atoms with Crippen molar-refractivity contribution in [3.63, 3.8) is 0 Å². The van der Waals surface area contributed by atoms with Crippen molar-refractivity contribution >= 4 is 38.6 Å². The number of H-pyrrole nitrogens is 1. The van der Waals surface area contributed by atoms with Crippen LogP contribution in [-0.4, -0.2) is 55.9 Å². The molecule has 1 saturated carbocycles. The maximum atomic E-state index is 13.2. The summed E-state index contributed by atoms with van der Waals surface area (Å²) in [5.74, 6) is 0.579. The summed E-state index contributed by atoms with van der Waals surface area (Å²) in [6.07, 6.45) is 5.13. The summed E-state index contributed by atoms with van der Waals surface area (Å²) < 4.78 is 11.8. The molecule has 188 valence electrons. The maximum absolute atomic E-state index is 13.2. The molecule has 1 aliphatic heterocycles. The highest BCUT2D eigenvalue weighted by Crippen LogP contribution is 2.34. The number of amides is 2. The predicted molar refractivity (Wildman–Crippen MR) is 135 cm³/mol. The molecule has 1 saturated heterocycles. The molecule has 2 amide bonds. The van der Waals surface area contributed by atoms with Gasteiger partial charge in [-0.2, -0.15) is 5.26 Å². The second-order valence-electron chi connectivity index (χ2n) is 9.41. The van der Waals surface area contributed by atoms with Gasteiger partial charge in [-0.05, 0) is 62.3 Å². The fourth-order valence-electron chi connectivity index (χ4n) is 4.52. The highest BCUT2D eigenvalue weighted by atomic mass is 79.9. The molecular weight excluding hydrogens is 514 g/mol. The molecule has 2 aromatic rings. The Kier molecular flexibility index (Phi) is 8.65. The number of nitriles is 1. The zero-order valence-corrected chi connectivity index (χ0v) is 21.4. The van der Waals surface area contributed by atoms with Crippen LogP contribution >= 0.6 is 15.9 Å². The minimum Gasteiger partial charge on any atom is -0.496 e. The van der Waals surface area contributed by atoms with Crippen molar-refractivity contribution in [3.05, 3.63) is 28.4 Å². The molecule has 1 aromatic heterocycles. The van der Waals surface area contributed by atoms with Crippen LogP contribution in [0.3, 0.4) is 0 Å². The van der Waals surface area contributed by atoms with Gasteiger partial charge in [0.2, 0.25) is 5.91 Å². The van der Waals surface area contributed by atoms with E-state index in [0.29, 0.717) is 43.5 Å². The molecule has 35 heavy (non-hydrogen) atoms. The number of carbonyl (C=O) groups is 2. The fraction of sp³-hybridized carbons (Fsp3) is 0.560. The van der Waals surface area contributed by atoms with Crippen LogP contribution in [0, 0.1) is 23.2 Å². The third-order valence-electron chi connectivity index (χ3n) is 6.58. The Morgan fingerprint density at radius 3 is 2.80 bits per heavy atom. The van der Waals surface area contributed by atoms with E-state index in [1.807, 2.05) is 12.1 Å². The number of methoxy groups -OCH3 is 1. The summed E-state index contributed by atoms with van der Waals surface area (Å²) >= 11 is 3.45. The Balaban J connectivity index is 1.42. The Hall–Kier alpha value is -2.61. The first-order chi connectivity index (χ1) is 17.0. The molecule has 1 aliphatic carbocycles. The van der Waals surface area contributed by atoms with Gasteiger partial charge in [-0.3, -0.25) is 14.9 Å². The van der Waals surface area contributed by atoms with Crippen molar-refractivity contribution in [2.24, 2.45) is 11.8 Å². The van der Waals surface area contributed by atoms with Gasteiger partial charge in [0.05, 0.1) is 32.0 Å². The van der Waals surface area contributed by atoms with Crippen LogP contribution in [0.5, 0.6) is 5.75 Å². The fourth-order valence-corrected chi connectivity index (χ4v) is 4.96. The average Bonchev–Trinajstić information content (AvgIpc) is 3.54. The minimum atomic E-state index is -0.705. The molecule has 2 fully saturated rings. The van der Waals surface area contributed by atoms with Crippen LogP contribution in [0.25, 0.3) is 10.9 Å². The summed E-state index contributed by atoms with van der Waals surface area (Å²) in [6, 6.07) is 6.32. The highest BCUT2D eigenvalue weighted by Gasteiger charge is 2.32. The van der Waals surface area contributed by atoms with Crippen molar-refractivity contribution in [3.8, 4) is 11.8 Å². The molecule has 0 radical (unpaired) electrons. The molecule has 2 aliphatic rings. The van der Waals surface area contributed by atoms with Gasteiger partial charge in [0.25, 0.3) is 5.91 Å². The molecule has 2 heterocycles. The summed E-state index contributed by atoms with van der Waals surface area (Å²) in [7, 11) is 1.58. The molecule has 10 heteroatoms. The molecule has 4 N–H and O–H groups in total. The van der Waals surface area contributed by atoms with Crippen molar-refractivity contribution in [2.45, 2.75) is 50.6 Å². The molecule has 0 spiro atoms. The number of rotatable bonds is 9. The van der Waals surface area contributed by atoms with Gasteiger partial charge in [-0.1, -0.05) is 28.8 Å². The summed E-state index contributed by atoms with van der Waals surface area (Å²) in [5, 5.41) is 19.4. The lowest BCUT2D eigenvalue weighted by molar-refractivity contribution is -0.123. The van der Waals surface area contributed by atoms with Crippen LogP contribution in [0.2, 0.25) is 0 Å². The number of benzene rings is 1. The Morgan fingerprint density at radius 2 is 2.06 bits per heavy atom. The van der Waals surface area contributed by atoms with E-state index in [4.69, 9.17) is 9.47 Å². The van der Waals surface area contributed by atoms with Crippen LogP contribution in [0.1, 0.15) is 49.0 Å². The van der Waals surface area contributed by atoms with E-state index >= 15 is 0 Å². The molecule has 0 bridgehead atoms. The first-order valence-electron chi connectivity index (χ1n) is 12.1.